The van der Waals surface area contributed by atoms with Crippen LogP contribution in [0.5, 0.6) is 0 Å². The maximum atomic E-state index is 6.05. The molecule has 1 heterocycles. The monoisotopic (exact) mass is 264 g/mol. The second-order valence-electron chi connectivity index (χ2n) is 5.32. The third-order valence-electron chi connectivity index (χ3n) is 3.66. The van der Waals surface area contributed by atoms with Crippen LogP contribution in [-0.4, -0.2) is 35.0 Å². The van der Waals surface area contributed by atoms with Crippen molar-refractivity contribution in [3.63, 3.8) is 0 Å². The number of rotatable bonds is 3. The van der Waals surface area contributed by atoms with Crippen molar-refractivity contribution in [3.05, 3.63) is 35.4 Å². The Hall–Kier alpha value is -0.510. The zero-order valence-electron chi connectivity index (χ0n) is 11.6. The maximum absolute atomic E-state index is 6.05. The molecule has 100 valence electrons. The summed E-state index contributed by atoms with van der Waals surface area (Å²) in [6.45, 7) is 9.81. The molecule has 1 aliphatic heterocycles. The zero-order valence-corrected chi connectivity index (χ0v) is 12.4. The Morgan fingerprint density at radius 1 is 1.28 bits per heavy atom. The summed E-state index contributed by atoms with van der Waals surface area (Å²) >= 11 is 2.09. The van der Waals surface area contributed by atoms with Crippen LogP contribution in [-0.2, 0) is 0 Å². The van der Waals surface area contributed by atoms with Crippen LogP contribution in [0.4, 0.5) is 0 Å². The maximum Gasteiger partial charge on any atom is 0.0473 e. The standard InChI is InChI=1S/C15H24N2S/c1-11-6-4-5-7-14(11)15(8-16)17-9-12(2)18-13(3)10-17/h4-7,12-13,15H,8-10,16H2,1-3H3. The molecular weight excluding hydrogens is 240 g/mol. The third-order valence-corrected chi connectivity index (χ3v) is 4.89. The molecule has 0 spiro atoms. The molecule has 0 saturated carbocycles. The lowest BCUT2D eigenvalue weighted by Gasteiger charge is -2.40. The van der Waals surface area contributed by atoms with Gasteiger partial charge in [-0.3, -0.25) is 4.90 Å². The van der Waals surface area contributed by atoms with E-state index in [4.69, 9.17) is 5.73 Å². The van der Waals surface area contributed by atoms with Gasteiger partial charge in [-0.05, 0) is 18.1 Å². The van der Waals surface area contributed by atoms with Crippen molar-refractivity contribution >= 4 is 11.8 Å². The minimum atomic E-state index is 0.372. The number of nitrogens with two attached hydrogens (primary N) is 1. The third kappa shape index (κ3) is 3.08. The van der Waals surface area contributed by atoms with Gasteiger partial charge in [0.15, 0.2) is 0 Å². The highest BCUT2D eigenvalue weighted by Gasteiger charge is 2.28. The van der Waals surface area contributed by atoms with Crippen LogP contribution in [0.15, 0.2) is 24.3 Å². The Morgan fingerprint density at radius 2 is 1.89 bits per heavy atom. The summed E-state index contributed by atoms with van der Waals surface area (Å²) in [7, 11) is 0. The lowest BCUT2D eigenvalue weighted by molar-refractivity contribution is 0.199. The number of benzene rings is 1. The summed E-state index contributed by atoms with van der Waals surface area (Å²) in [5, 5.41) is 1.40. The molecule has 0 bridgehead atoms. The lowest BCUT2D eigenvalue weighted by Crippen LogP contribution is -2.44. The molecule has 1 saturated heterocycles. The molecule has 1 fully saturated rings. The first-order valence-electron chi connectivity index (χ1n) is 6.77. The largest absolute Gasteiger partial charge is 0.329 e. The highest BCUT2D eigenvalue weighted by atomic mass is 32.2. The molecule has 0 aliphatic carbocycles. The number of nitrogens with zero attached hydrogens (tertiary/aromatic N) is 1. The molecule has 3 unspecified atom stereocenters. The van der Waals surface area contributed by atoms with E-state index in [-0.39, 0.29) is 0 Å². The van der Waals surface area contributed by atoms with Crippen LogP contribution in [0, 0.1) is 6.92 Å². The van der Waals surface area contributed by atoms with Crippen LogP contribution in [0.25, 0.3) is 0 Å². The molecule has 1 aliphatic rings. The Balaban J connectivity index is 2.20. The van der Waals surface area contributed by atoms with E-state index < -0.39 is 0 Å². The van der Waals surface area contributed by atoms with Crippen molar-refractivity contribution in [2.75, 3.05) is 19.6 Å². The van der Waals surface area contributed by atoms with Gasteiger partial charge < -0.3 is 5.73 Å². The number of hydrogen-bond donors (Lipinski definition) is 1. The fourth-order valence-corrected chi connectivity index (χ4v) is 4.25. The molecule has 3 atom stereocenters. The van der Waals surface area contributed by atoms with Crippen molar-refractivity contribution in [1.82, 2.24) is 4.90 Å². The van der Waals surface area contributed by atoms with E-state index in [1.807, 2.05) is 0 Å². The van der Waals surface area contributed by atoms with Gasteiger partial charge in [0, 0.05) is 36.2 Å². The lowest BCUT2D eigenvalue weighted by atomic mass is 9.99. The fourth-order valence-electron chi connectivity index (χ4n) is 2.91. The van der Waals surface area contributed by atoms with Crippen LogP contribution < -0.4 is 5.73 Å². The van der Waals surface area contributed by atoms with Gasteiger partial charge >= 0.3 is 0 Å². The minimum absolute atomic E-state index is 0.372. The van der Waals surface area contributed by atoms with Gasteiger partial charge in [-0.15, -0.1) is 0 Å². The average Bonchev–Trinajstić information content (AvgIpc) is 2.31. The Labute approximate surface area is 115 Å². The second-order valence-corrected chi connectivity index (χ2v) is 7.20. The van der Waals surface area contributed by atoms with E-state index in [1.54, 1.807) is 0 Å². The van der Waals surface area contributed by atoms with Gasteiger partial charge in [0.25, 0.3) is 0 Å². The predicted molar refractivity (Wildman–Crippen MR) is 81.1 cm³/mol. The summed E-state index contributed by atoms with van der Waals surface area (Å²) in [6, 6.07) is 9.00. The number of aryl methyl sites for hydroxylation is 1. The molecule has 1 aromatic carbocycles. The van der Waals surface area contributed by atoms with Gasteiger partial charge in [-0.1, -0.05) is 38.1 Å². The molecule has 2 nitrogen and oxygen atoms in total. The molecule has 0 amide bonds. The fraction of sp³-hybridized carbons (Fsp3) is 0.600. The van der Waals surface area contributed by atoms with E-state index in [1.165, 1.54) is 11.1 Å². The van der Waals surface area contributed by atoms with Crippen molar-refractivity contribution in [3.8, 4) is 0 Å². The molecule has 1 aromatic rings. The molecule has 0 aromatic heterocycles. The van der Waals surface area contributed by atoms with Crippen LogP contribution in [0.1, 0.15) is 31.0 Å². The topological polar surface area (TPSA) is 29.3 Å². The summed E-state index contributed by atoms with van der Waals surface area (Å²) in [5.41, 5.74) is 8.79. The summed E-state index contributed by atoms with van der Waals surface area (Å²) < 4.78 is 0. The first-order valence-corrected chi connectivity index (χ1v) is 7.71. The van der Waals surface area contributed by atoms with E-state index in [9.17, 15) is 0 Å². The summed E-state index contributed by atoms with van der Waals surface area (Å²) in [5.74, 6) is 0. The predicted octanol–water partition coefficient (Wildman–Crippen LogP) is 2.82. The quantitative estimate of drug-likeness (QED) is 0.910. The van der Waals surface area contributed by atoms with Crippen molar-refractivity contribution < 1.29 is 0 Å². The molecule has 18 heavy (non-hydrogen) atoms. The van der Waals surface area contributed by atoms with E-state index in [0.717, 1.165) is 13.1 Å². The van der Waals surface area contributed by atoms with Crippen molar-refractivity contribution in [2.24, 2.45) is 5.73 Å². The zero-order chi connectivity index (χ0) is 13.1. The van der Waals surface area contributed by atoms with E-state index >= 15 is 0 Å². The second kappa shape index (κ2) is 6.09. The van der Waals surface area contributed by atoms with Crippen LogP contribution in [0.2, 0.25) is 0 Å². The summed E-state index contributed by atoms with van der Waals surface area (Å²) in [4.78, 5) is 2.56. The Bertz CT molecular complexity index is 384. The minimum Gasteiger partial charge on any atom is -0.329 e. The first kappa shape index (κ1) is 13.9. The van der Waals surface area contributed by atoms with Crippen LogP contribution in [0.3, 0.4) is 0 Å². The van der Waals surface area contributed by atoms with Gasteiger partial charge in [-0.25, -0.2) is 0 Å². The first-order chi connectivity index (χ1) is 8.61. The average molecular weight is 264 g/mol. The van der Waals surface area contributed by atoms with Gasteiger partial charge in [-0.2, -0.15) is 11.8 Å². The normalized spacial score (nSPS) is 27.1. The smallest absolute Gasteiger partial charge is 0.0473 e. The highest BCUT2D eigenvalue weighted by Crippen LogP contribution is 2.31. The number of thioether (sulfide) groups is 1. The molecule has 3 heteroatoms. The van der Waals surface area contributed by atoms with E-state index in [2.05, 4.69) is 61.7 Å². The number of hydrogen-bond acceptors (Lipinski definition) is 3. The van der Waals surface area contributed by atoms with Crippen LogP contribution >= 0.6 is 11.8 Å². The van der Waals surface area contributed by atoms with E-state index in [0.29, 0.717) is 23.1 Å². The van der Waals surface area contributed by atoms with Crippen molar-refractivity contribution in [2.45, 2.75) is 37.3 Å². The van der Waals surface area contributed by atoms with Gasteiger partial charge in [0.05, 0.1) is 0 Å². The molecule has 2 N–H and O–H groups in total. The van der Waals surface area contributed by atoms with Gasteiger partial charge in [0.1, 0.15) is 0 Å². The molecular formula is C15H24N2S. The van der Waals surface area contributed by atoms with Gasteiger partial charge in [0.2, 0.25) is 0 Å². The molecule has 0 radical (unpaired) electrons. The Morgan fingerprint density at radius 3 is 2.44 bits per heavy atom. The van der Waals surface area contributed by atoms with Crippen molar-refractivity contribution in [1.29, 1.82) is 0 Å². The highest BCUT2D eigenvalue weighted by molar-refractivity contribution is 8.00. The summed E-state index contributed by atoms with van der Waals surface area (Å²) in [6.07, 6.45) is 0. The Kier molecular flexibility index (Phi) is 4.71. The molecule has 2 rings (SSSR count). The SMILES string of the molecule is Cc1ccccc1C(CN)N1CC(C)SC(C)C1.